The van der Waals surface area contributed by atoms with Gasteiger partial charge in [0, 0.05) is 26.1 Å². The van der Waals surface area contributed by atoms with Crippen molar-refractivity contribution in [3.8, 4) is 0 Å². The molecule has 15 heavy (non-hydrogen) atoms. The van der Waals surface area contributed by atoms with E-state index >= 15 is 0 Å². The first-order chi connectivity index (χ1) is 7.25. The maximum atomic E-state index is 5.41. The van der Waals surface area contributed by atoms with Crippen LogP contribution >= 0.6 is 0 Å². The second-order valence-electron chi connectivity index (χ2n) is 3.89. The summed E-state index contributed by atoms with van der Waals surface area (Å²) in [6.45, 7) is 2.56. The third-order valence-electron chi connectivity index (χ3n) is 2.54. The van der Waals surface area contributed by atoms with Crippen molar-refractivity contribution < 1.29 is 9.15 Å². The molecular formula is C9H16N4O2. The molecule has 0 aliphatic carbocycles. The van der Waals surface area contributed by atoms with Crippen molar-refractivity contribution in [2.45, 2.75) is 12.8 Å². The summed E-state index contributed by atoms with van der Waals surface area (Å²) < 4.78 is 10.5. The van der Waals surface area contributed by atoms with Gasteiger partial charge >= 0.3 is 12.0 Å². The summed E-state index contributed by atoms with van der Waals surface area (Å²) >= 11 is 0. The maximum absolute atomic E-state index is 5.41. The van der Waals surface area contributed by atoms with Gasteiger partial charge in [0.05, 0.1) is 6.61 Å². The van der Waals surface area contributed by atoms with Crippen LogP contribution in [0.25, 0.3) is 0 Å². The first-order valence-electron chi connectivity index (χ1n) is 5.13. The molecule has 2 heterocycles. The van der Waals surface area contributed by atoms with Crippen molar-refractivity contribution in [3.63, 3.8) is 0 Å². The largest absolute Gasteiger partial charge is 0.390 e. The lowest BCUT2D eigenvalue weighted by molar-refractivity contribution is 0.0573. The molecule has 1 unspecified atom stereocenters. The zero-order valence-corrected chi connectivity index (χ0v) is 8.85. The molecule has 1 fully saturated rings. The molecule has 2 rings (SSSR count). The highest BCUT2D eigenvalue weighted by molar-refractivity contribution is 5.26. The SMILES string of the molecule is CN(CC1CCCOC1)c1nnc(N)o1. The van der Waals surface area contributed by atoms with Gasteiger partial charge in [-0.1, -0.05) is 10.2 Å². The Balaban J connectivity index is 1.88. The average molecular weight is 212 g/mol. The third-order valence-corrected chi connectivity index (χ3v) is 2.54. The summed E-state index contributed by atoms with van der Waals surface area (Å²) in [5, 5.41) is 7.44. The molecule has 1 aliphatic heterocycles. The summed E-state index contributed by atoms with van der Waals surface area (Å²) in [5.74, 6) is 0.539. The Bertz CT molecular complexity index is 309. The highest BCUT2D eigenvalue weighted by Gasteiger charge is 2.18. The quantitative estimate of drug-likeness (QED) is 0.786. The topological polar surface area (TPSA) is 77.4 Å². The molecule has 2 N–H and O–H groups in total. The Morgan fingerprint density at radius 2 is 2.40 bits per heavy atom. The van der Waals surface area contributed by atoms with Gasteiger partial charge in [-0.15, -0.1) is 0 Å². The number of nitrogen functional groups attached to an aromatic ring is 1. The average Bonchev–Trinajstić information content (AvgIpc) is 2.66. The number of hydrogen-bond acceptors (Lipinski definition) is 6. The van der Waals surface area contributed by atoms with E-state index < -0.39 is 0 Å². The van der Waals surface area contributed by atoms with Gasteiger partial charge in [-0.25, -0.2) is 0 Å². The Kier molecular flexibility index (Phi) is 3.05. The molecule has 6 heteroatoms. The van der Waals surface area contributed by atoms with E-state index in [2.05, 4.69) is 10.2 Å². The van der Waals surface area contributed by atoms with Gasteiger partial charge in [-0.3, -0.25) is 0 Å². The van der Waals surface area contributed by atoms with Crippen LogP contribution in [0.2, 0.25) is 0 Å². The fourth-order valence-electron chi connectivity index (χ4n) is 1.80. The molecule has 6 nitrogen and oxygen atoms in total. The minimum absolute atomic E-state index is 0.108. The van der Waals surface area contributed by atoms with Crippen LogP contribution in [0.3, 0.4) is 0 Å². The summed E-state index contributed by atoms with van der Waals surface area (Å²) in [4.78, 5) is 1.92. The van der Waals surface area contributed by atoms with Crippen LogP contribution < -0.4 is 10.6 Å². The van der Waals surface area contributed by atoms with E-state index in [-0.39, 0.29) is 6.01 Å². The summed E-state index contributed by atoms with van der Waals surface area (Å²) in [7, 11) is 1.92. The fourth-order valence-corrected chi connectivity index (χ4v) is 1.80. The minimum Gasteiger partial charge on any atom is -0.390 e. The van der Waals surface area contributed by atoms with Gasteiger partial charge < -0.3 is 19.8 Å². The van der Waals surface area contributed by atoms with E-state index in [4.69, 9.17) is 14.9 Å². The molecule has 0 saturated carbocycles. The summed E-state index contributed by atoms with van der Waals surface area (Å²) in [6, 6.07) is 0.579. The van der Waals surface area contributed by atoms with E-state index in [0.29, 0.717) is 11.9 Å². The number of hydrogen-bond donors (Lipinski definition) is 1. The van der Waals surface area contributed by atoms with Crippen LogP contribution in [0.1, 0.15) is 12.8 Å². The van der Waals surface area contributed by atoms with Crippen LogP contribution in [0, 0.1) is 5.92 Å². The Morgan fingerprint density at radius 3 is 3.00 bits per heavy atom. The Labute approximate surface area is 88.4 Å². The van der Waals surface area contributed by atoms with Crippen molar-refractivity contribution in [1.82, 2.24) is 10.2 Å². The second-order valence-corrected chi connectivity index (χ2v) is 3.89. The number of aromatic nitrogens is 2. The first kappa shape index (κ1) is 10.2. The zero-order valence-electron chi connectivity index (χ0n) is 8.85. The lowest BCUT2D eigenvalue weighted by Gasteiger charge is -2.25. The minimum atomic E-state index is 0.108. The van der Waals surface area contributed by atoms with Gasteiger partial charge in [0.15, 0.2) is 0 Å². The lowest BCUT2D eigenvalue weighted by atomic mass is 10.0. The Hall–Kier alpha value is -1.30. The molecule has 1 aromatic rings. The lowest BCUT2D eigenvalue weighted by Crippen LogP contribution is -2.31. The van der Waals surface area contributed by atoms with Crippen LogP contribution in [-0.2, 0) is 4.74 Å². The molecule has 0 bridgehead atoms. The highest BCUT2D eigenvalue weighted by atomic mass is 16.5. The van der Waals surface area contributed by atoms with Gasteiger partial charge in [-0.05, 0) is 12.8 Å². The van der Waals surface area contributed by atoms with Gasteiger partial charge in [0.25, 0.3) is 0 Å². The smallest absolute Gasteiger partial charge is 0.319 e. The molecule has 0 radical (unpaired) electrons. The number of ether oxygens (including phenoxy) is 1. The predicted molar refractivity (Wildman–Crippen MR) is 55.5 cm³/mol. The van der Waals surface area contributed by atoms with Crippen LogP contribution in [-0.4, -0.2) is 37.0 Å². The van der Waals surface area contributed by atoms with E-state index in [1.807, 2.05) is 11.9 Å². The monoisotopic (exact) mass is 212 g/mol. The van der Waals surface area contributed by atoms with Crippen molar-refractivity contribution in [2.24, 2.45) is 5.92 Å². The molecule has 0 spiro atoms. The number of nitrogens with two attached hydrogens (primary N) is 1. The fraction of sp³-hybridized carbons (Fsp3) is 0.778. The van der Waals surface area contributed by atoms with Gasteiger partial charge in [0.2, 0.25) is 0 Å². The van der Waals surface area contributed by atoms with Crippen molar-refractivity contribution >= 4 is 12.0 Å². The molecule has 1 atom stereocenters. The normalized spacial score (nSPS) is 21.5. The Morgan fingerprint density at radius 1 is 1.53 bits per heavy atom. The van der Waals surface area contributed by atoms with E-state index in [1.54, 1.807) is 0 Å². The molecule has 0 aromatic carbocycles. The molecule has 1 aliphatic rings. The molecular weight excluding hydrogens is 196 g/mol. The predicted octanol–water partition coefficient (Wildman–Crippen LogP) is 0.515. The number of anilines is 2. The molecule has 0 amide bonds. The van der Waals surface area contributed by atoms with Crippen molar-refractivity contribution in [1.29, 1.82) is 0 Å². The number of rotatable bonds is 3. The van der Waals surface area contributed by atoms with Gasteiger partial charge in [-0.2, -0.15) is 0 Å². The van der Waals surface area contributed by atoms with Crippen molar-refractivity contribution in [3.05, 3.63) is 0 Å². The van der Waals surface area contributed by atoms with E-state index in [0.717, 1.165) is 26.2 Å². The third kappa shape index (κ3) is 2.59. The standard InChI is InChI=1S/C9H16N4O2/c1-13(9-12-11-8(10)15-9)5-7-3-2-4-14-6-7/h7H,2-6H2,1H3,(H2,10,11). The van der Waals surface area contributed by atoms with Gasteiger partial charge in [0.1, 0.15) is 0 Å². The maximum Gasteiger partial charge on any atom is 0.319 e. The highest BCUT2D eigenvalue weighted by Crippen LogP contribution is 2.18. The van der Waals surface area contributed by atoms with Crippen molar-refractivity contribution in [2.75, 3.05) is 37.4 Å². The molecule has 1 saturated heterocycles. The second kappa shape index (κ2) is 4.48. The summed E-state index contributed by atoms with van der Waals surface area (Å²) in [6.07, 6.45) is 2.32. The molecule has 1 aromatic heterocycles. The first-order valence-corrected chi connectivity index (χ1v) is 5.13. The summed E-state index contributed by atoms with van der Waals surface area (Å²) in [5.41, 5.74) is 5.36. The number of nitrogens with zero attached hydrogens (tertiary/aromatic N) is 3. The van der Waals surface area contributed by atoms with Crippen LogP contribution in [0.4, 0.5) is 12.0 Å². The zero-order chi connectivity index (χ0) is 10.7. The van der Waals surface area contributed by atoms with Crippen LogP contribution in [0.5, 0.6) is 0 Å². The van der Waals surface area contributed by atoms with E-state index in [9.17, 15) is 0 Å². The van der Waals surface area contributed by atoms with E-state index in [1.165, 1.54) is 6.42 Å². The van der Waals surface area contributed by atoms with Crippen LogP contribution in [0.15, 0.2) is 4.42 Å². The molecule has 84 valence electrons.